The van der Waals surface area contributed by atoms with Crippen molar-refractivity contribution in [2.45, 2.75) is 6.43 Å². The highest BCUT2D eigenvalue weighted by Gasteiger charge is 2.23. The summed E-state index contributed by atoms with van der Waals surface area (Å²) in [6.45, 7) is 0.911. The van der Waals surface area contributed by atoms with Gasteiger partial charge in [-0.1, -0.05) is 0 Å². The smallest absolute Gasteiger partial charge is 0.279 e. The lowest BCUT2D eigenvalue weighted by Crippen LogP contribution is -2.51. The van der Waals surface area contributed by atoms with Crippen molar-refractivity contribution in [3.63, 3.8) is 0 Å². The molecule has 1 aliphatic heterocycles. The van der Waals surface area contributed by atoms with Crippen LogP contribution >= 0.6 is 0 Å². The van der Waals surface area contributed by atoms with Gasteiger partial charge in [-0.15, -0.1) is 0 Å². The third-order valence-corrected chi connectivity index (χ3v) is 3.41. The molecule has 1 fully saturated rings. The average Bonchev–Trinajstić information content (AvgIpc) is 2.16. The van der Waals surface area contributed by atoms with Gasteiger partial charge in [-0.25, -0.2) is 8.78 Å². The zero-order chi connectivity index (χ0) is 10.6. The van der Waals surface area contributed by atoms with Gasteiger partial charge in [0.2, 0.25) is 0 Å². The van der Waals surface area contributed by atoms with Gasteiger partial charge >= 0.3 is 0 Å². The molecule has 0 aromatic carbocycles. The maximum absolute atomic E-state index is 11.8. The van der Waals surface area contributed by atoms with Crippen molar-refractivity contribution >= 4 is 10.2 Å². The second kappa shape index (κ2) is 4.96. The summed E-state index contributed by atoms with van der Waals surface area (Å²) in [5.41, 5.74) is 0. The Hall–Kier alpha value is -0.310. The van der Waals surface area contributed by atoms with Gasteiger partial charge in [0.05, 0.1) is 6.54 Å². The van der Waals surface area contributed by atoms with Crippen LogP contribution < -0.4 is 10.0 Å². The van der Waals surface area contributed by atoms with Crippen LogP contribution in [0.5, 0.6) is 0 Å². The molecule has 0 aromatic rings. The molecular formula is C6H13F2N3O2S. The molecule has 0 aromatic heterocycles. The van der Waals surface area contributed by atoms with Crippen molar-refractivity contribution in [3.05, 3.63) is 0 Å². The Morgan fingerprint density at radius 3 is 2.43 bits per heavy atom. The van der Waals surface area contributed by atoms with Gasteiger partial charge in [0, 0.05) is 26.2 Å². The first-order chi connectivity index (χ1) is 6.52. The molecule has 1 rings (SSSR count). The van der Waals surface area contributed by atoms with Crippen LogP contribution in [0.15, 0.2) is 0 Å². The zero-order valence-corrected chi connectivity index (χ0v) is 8.36. The van der Waals surface area contributed by atoms with Gasteiger partial charge in [0.1, 0.15) is 0 Å². The SMILES string of the molecule is O=S(=O)(NCC(F)F)N1CCNCC1. The molecule has 1 aliphatic rings. The average molecular weight is 229 g/mol. The molecule has 1 heterocycles. The quantitative estimate of drug-likeness (QED) is 0.649. The molecule has 5 nitrogen and oxygen atoms in total. The number of hydrogen-bond donors (Lipinski definition) is 2. The van der Waals surface area contributed by atoms with Crippen molar-refractivity contribution in [1.82, 2.24) is 14.3 Å². The van der Waals surface area contributed by atoms with Crippen LogP contribution in [-0.4, -0.2) is 51.9 Å². The Morgan fingerprint density at radius 1 is 1.36 bits per heavy atom. The summed E-state index contributed by atoms with van der Waals surface area (Å²) in [6.07, 6.45) is -2.66. The summed E-state index contributed by atoms with van der Waals surface area (Å²) in [5.74, 6) is 0. The van der Waals surface area contributed by atoms with E-state index in [2.05, 4.69) is 5.32 Å². The third-order valence-electron chi connectivity index (χ3n) is 1.84. The minimum Gasteiger partial charge on any atom is -0.314 e. The van der Waals surface area contributed by atoms with E-state index in [0.717, 1.165) is 4.31 Å². The molecule has 0 bridgehead atoms. The fourth-order valence-corrected chi connectivity index (χ4v) is 2.33. The van der Waals surface area contributed by atoms with E-state index in [4.69, 9.17) is 0 Å². The zero-order valence-electron chi connectivity index (χ0n) is 7.54. The fourth-order valence-electron chi connectivity index (χ4n) is 1.14. The topological polar surface area (TPSA) is 61.4 Å². The van der Waals surface area contributed by atoms with Gasteiger partial charge < -0.3 is 5.32 Å². The lowest BCUT2D eigenvalue weighted by atomic mass is 10.4. The Labute approximate surface area is 81.6 Å². The molecule has 8 heteroatoms. The number of piperazine rings is 1. The van der Waals surface area contributed by atoms with Crippen molar-refractivity contribution in [2.75, 3.05) is 32.7 Å². The van der Waals surface area contributed by atoms with Crippen LogP contribution in [0.4, 0.5) is 8.78 Å². The molecule has 0 amide bonds. The molecule has 0 aliphatic carbocycles. The summed E-state index contributed by atoms with van der Waals surface area (Å²) < 4.78 is 49.2. The molecule has 0 atom stereocenters. The molecule has 2 N–H and O–H groups in total. The number of halogens is 2. The molecule has 14 heavy (non-hydrogen) atoms. The third kappa shape index (κ3) is 3.45. The van der Waals surface area contributed by atoms with Gasteiger partial charge in [-0.3, -0.25) is 0 Å². The van der Waals surface area contributed by atoms with Crippen LogP contribution in [-0.2, 0) is 10.2 Å². The minimum absolute atomic E-state index is 0.318. The summed E-state index contributed by atoms with van der Waals surface area (Å²) in [5, 5.41) is 2.97. The number of rotatable bonds is 4. The van der Waals surface area contributed by atoms with Gasteiger partial charge in [-0.2, -0.15) is 17.4 Å². The van der Waals surface area contributed by atoms with Crippen molar-refractivity contribution in [1.29, 1.82) is 0 Å². The first-order valence-corrected chi connectivity index (χ1v) is 5.70. The van der Waals surface area contributed by atoms with Gasteiger partial charge in [-0.05, 0) is 0 Å². The highest BCUT2D eigenvalue weighted by atomic mass is 32.2. The summed E-state index contributed by atoms with van der Waals surface area (Å²) >= 11 is 0. The van der Waals surface area contributed by atoms with Crippen molar-refractivity contribution < 1.29 is 17.2 Å². The lowest BCUT2D eigenvalue weighted by Gasteiger charge is -2.26. The number of nitrogens with one attached hydrogen (secondary N) is 2. The highest BCUT2D eigenvalue weighted by Crippen LogP contribution is 2.00. The molecule has 0 radical (unpaired) electrons. The summed E-state index contributed by atoms with van der Waals surface area (Å²) in [7, 11) is -3.72. The van der Waals surface area contributed by atoms with Gasteiger partial charge in [0.15, 0.2) is 0 Å². The van der Waals surface area contributed by atoms with E-state index in [9.17, 15) is 17.2 Å². The first kappa shape index (κ1) is 11.8. The van der Waals surface area contributed by atoms with Crippen LogP contribution in [0.1, 0.15) is 0 Å². The van der Waals surface area contributed by atoms with Crippen LogP contribution in [0.25, 0.3) is 0 Å². The van der Waals surface area contributed by atoms with E-state index >= 15 is 0 Å². The number of hydrogen-bond acceptors (Lipinski definition) is 3. The van der Waals surface area contributed by atoms with E-state index in [1.807, 2.05) is 4.72 Å². The Kier molecular flexibility index (Phi) is 4.17. The van der Waals surface area contributed by atoms with E-state index in [0.29, 0.717) is 26.2 Å². The second-order valence-electron chi connectivity index (χ2n) is 2.89. The number of alkyl halides is 2. The van der Waals surface area contributed by atoms with Crippen molar-refractivity contribution in [2.24, 2.45) is 0 Å². The molecular weight excluding hydrogens is 216 g/mol. The lowest BCUT2D eigenvalue weighted by molar-refractivity contribution is 0.152. The normalized spacial score (nSPS) is 20.2. The minimum atomic E-state index is -3.72. The van der Waals surface area contributed by atoms with Crippen molar-refractivity contribution in [3.8, 4) is 0 Å². The van der Waals surface area contributed by atoms with E-state index < -0.39 is 23.2 Å². The highest BCUT2D eigenvalue weighted by molar-refractivity contribution is 7.87. The number of nitrogens with zero attached hydrogens (tertiary/aromatic N) is 1. The van der Waals surface area contributed by atoms with Crippen LogP contribution in [0.2, 0.25) is 0 Å². The monoisotopic (exact) mass is 229 g/mol. The molecule has 1 saturated heterocycles. The van der Waals surface area contributed by atoms with E-state index in [-0.39, 0.29) is 0 Å². The standard InChI is InChI=1S/C6H13F2N3O2S/c7-6(8)5-10-14(12,13)11-3-1-9-2-4-11/h6,9-10H,1-5H2. The fraction of sp³-hybridized carbons (Fsp3) is 1.00. The van der Waals surface area contributed by atoms with Crippen LogP contribution in [0.3, 0.4) is 0 Å². The predicted octanol–water partition coefficient (Wildman–Crippen LogP) is -1.01. The molecule has 0 saturated carbocycles. The second-order valence-corrected chi connectivity index (χ2v) is 4.65. The summed E-state index contributed by atoms with van der Waals surface area (Å²) in [4.78, 5) is 0. The van der Waals surface area contributed by atoms with Gasteiger partial charge in [0.25, 0.3) is 16.6 Å². The first-order valence-electron chi connectivity index (χ1n) is 4.26. The van der Waals surface area contributed by atoms with Crippen LogP contribution in [0, 0.1) is 0 Å². The Morgan fingerprint density at radius 2 is 1.93 bits per heavy atom. The maximum atomic E-state index is 11.8. The molecule has 0 unspecified atom stereocenters. The molecule has 0 spiro atoms. The maximum Gasteiger partial charge on any atom is 0.279 e. The Balaban J connectivity index is 2.46. The largest absolute Gasteiger partial charge is 0.314 e. The molecule has 84 valence electrons. The predicted molar refractivity (Wildman–Crippen MR) is 47.4 cm³/mol. The Bertz CT molecular complexity index is 264. The van der Waals surface area contributed by atoms with E-state index in [1.54, 1.807) is 0 Å². The van der Waals surface area contributed by atoms with E-state index in [1.165, 1.54) is 0 Å². The summed E-state index contributed by atoms with van der Waals surface area (Å²) in [6, 6.07) is 0.